The minimum absolute atomic E-state index is 0.0791. The summed E-state index contributed by atoms with van der Waals surface area (Å²) in [6, 6.07) is 5.98. The summed E-state index contributed by atoms with van der Waals surface area (Å²) in [5.74, 6) is 2.05. The Morgan fingerprint density at radius 1 is 1.50 bits per heavy atom. The first-order chi connectivity index (χ1) is 6.79. The van der Waals surface area contributed by atoms with Crippen LogP contribution in [0.15, 0.2) is 18.2 Å². The molecular formula is C11H8FNO. The van der Waals surface area contributed by atoms with Crippen LogP contribution in [-0.4, -0.2) is 6.61 Å². The molecule has 0 aliphatic rings. The van der Waals surface area contributed by atoms with Crippen LogP contribution in [0, 0.1) is 29.5 Å². The van der Waals surface area contributed by atoms with E-state index in [0.29, 0.717) is 6.42 Å². The van der Waals surface area contributed by atoms with E-state index in [9.17, 15) is 4.39 Å². The molecule has 0 bridgehead atoms. The van der Waals surface area contributed by atoms with E-state index in [1.54, 1.807) is 6.07 Å². The van der Waals surface area contributed by atoms with Gasteiger partial charge in [-0.15, -0.1) is 12.3 Å². The van der Waals surface area contributed by atoms with Crippen molar-refractivity contribution in [3.63, 3.8) is 0 Å². The van der Waals surface area contributed by atoms with Crippen molar-refractivity contribution >= 4 is 0 Å². The second kappa shape index (κ2) is 4.89. The lowest BCUT2D eigenvalue weighted by Crippen LogP contribution is -1.99. The maximum atomic E-state index is 13.0. The molecule has 0 amide bonds. The minimum atomic E-state index is -0.578. The van der Waals surface area contributed by atoms with Crippen molar-refractivity contribution in [2.45, 2.75) is 6.42 Å². The van der Waals surface area contributed by atoms with E-state index in [0.717, 1.165) is 0 Å². The first-order valence-corrected chi connectivity index (χ1v) is 4.04. The van der Waals surface area contributed by atoms with Crippen LogP contribution in [0.25, 0.3) is 0 Å². The third-order valence-electron chi connectivity index (χ3n) is 1.59. The van der Waals surface area contributed by atoms with Crippen LogP contribution < -0.4 is 4.74 Å². The van der Waals surface area contributed by atoms with Gasteiger partial charge in [0.05, 0.1) is 6.61 Å². The van der Waals surface area contributed by atoms with Crippen LogP contribution in [0.3, 0.4) is 0 Å². The Hall–Kier alpha value is -2.00. The van der Waals surface area contributed by atoms with Crippen LogP contribution in [0.2, 0.25) is 0 Å². The highest BCUT2D eigenvalue weighted by Gasteiger charge is 2.07. The number of hydrogen-bond acceptors (Lipinski definition) is 2. The van der Waals surface area contributed by atoms with Crippen molar-refractivity contribution < 1.29 is 9.13 Å². The standard InChI is InChI=1S/C11H8FNO/c1-2-3-7-14-11-6-4-5-10(12)9(11)8-13/h1,4-6H,3,7H2. The van der Waals surface area contributed by atoms with Gasteiger partial charge in [0.2, 0.25) is 0 Å². The maximum absolute atomic E-state index is 13.0. The third kappa shape index (κ3) is 2.24. The molecule has 0 radical (unpaired) electrons. The minimum Gasteiger partial charge on any atom is -0.491 e. The Morgan fingerprint density at radius 3 is 2.93 bits per heavy atom. The Labute approximate surface area is 81.9 Å². The molecule has 1 aromatic carbocycles. The summed E-state index contributed by atoms with van der Waals surface area (Å²) in [7, 11) is 0. The Balaban J connectivity index is 2.83. The summed E-state index contributed by atoms with van der Waals surface area (Å²) < 4.78 is 18.2. The van der Waals surface area contributed by atoms with Crippen LogP contribution >= 0.6 is 0 Å². The first kappa shape index (κ1) is 10.1. The van der Waals surface area contributed by atoms with E-state index in [2.05, 4.69) is 5.92 Å². The number of nitriles is 1. The zero-order valence-corrected chi connectivity index (χ0v) is 7.46. The number of nitrogens with zero attached hydrogens (tertiary/aromatic N) is 1. The summed E-state index contributed by atoms with van der Waals surface area (Å²) in [6.45, 7) is 0.286. The smallest absolute Gasteiger partial charge is 0.144 e. The molecular weight excluding hydrogens is 181 g/mol. The molecule has 0 unspecified atom stereocenters. The van der Waals surface area contributed by atoms with Crippen molar-refractivity contribution in [3.8, 4) is 24.2 Å². The quantitative estimate of drug-likeness (QED) is 0.538. The molecule has 0 spiro atoms. The monoisotopic (exact) mass is 189 g/mol. The molecule has 0 saturated carbocycles. The van der Waals surface area contributed by atoms with Gasteiger partial charge in [0, 0.05) is 6.42 Å². The molecule has 0 heterocycles. The number of halogens is 1. The van der Waals surface area contributed by atoms with E-state index in [4.69, 9.17) is 16.4 Å². The summed E-state index contributed by atoms with van der Waals surface area (Å²) >= 11 is 0. The van der Waals surface area contributed by atoms with Gasteiger partial charge in [-0.3, -0.25) is 0 Å². The highest BCUT2D eigenvalue weighted by molar-refractivity contribution is 5.43. The molecule has 0 saturated heterocycles. The van der Waals surface area contributed by atoms with Gasteiger partial charge in [-0.1, -0.05) is 6.07 Å². The largest absolute Gasteiger partial charge is 0.491 e. The van der Waals surface area contributed by atoms with Crippen LogP contribution in [0.4, 0.5) is 4.39 Å². The maximum Gasteiger partial charge on any atom is 0.144 e. The molecule has 14 heavy (non-hydrogen) atoms. The summed E-state index contributed by atoms with van der Waals surface area (Å²) in [6.07, 6.45) is 5.46. The van der Waals surface area contributed by atoms with Crippen LogP contribution in [-0.2, 0) is 0 Å². The van der Waals surface area contributed by atoms with E-state index >= 15 is 0 Å². The second-order valence-corrected chi connectivity index (χ2v) is 2.53. The fraction of sp³-hybridized carbons (Fsp3) is 0.182. The lowest BCUT2D eigenvalue weighted by molar-refractivity contribution is 0.324. The lowest BCUT2D eigenvalue weighted by Gasteiger charge is -2.05. The van der Waals surface area contributed by atoms with Gasteiger partial charge < -0.3 is 4.74 Å². The predicted molar refractivity (Wildman–Crippen MR) is 50.1 cm³/mol. The molecule has 3 heteroatoms. The molecule has 2 nitrogen and oxygen atoms in total. The van der Waals surface area contributed by atoms with E-state index in [1.807, 2.05) is 0 Å². The molecule has 0 N–H and O–H groups in total. The Morgan fingerprint density at radius 2 is 2.29 bits per heavy atom. The number of hydrogen-bond donors (Lipinski definition) is 0. The molecule has 0 aromatic heterocycles. The van der Waals surface area contributed by atoms with Gasteiger partial charge in [-0.25, -0.2) is 4.39 Å². The first-order valence-electron chi connectivity index (χ1n) is 4.04. The van der Waals surface area contributed by atoms with Crippen molar-refractivity contribution in [1.82, 2.24) is 0 Å². The van der Waals surface area contributed by atoms with Crippen molar-refractivity contribution in [2.75, 3.05) is 6.61 Å². The number of benzene rings is 1. The Kier molecular flexibility index (Phi) is 3.52. The SMILES string of the molecule is C#CCCOc1cccc(F)c1C#N. The molecule has 1 aromatic rings. The number of ether oxygens (including phenoxy) is 1. The topological polar surface area (TPSA) is 33.0 Å². The predicted octanol–water partition coefficient (Wildman–Crippen LogP) is 2.10. The van der Waals surface area contributed by atoms with Crippen LogP contribution in [0.5, 0.6) is 5.75 Å². The summed E-state index contributed by atoms with van der Waals surface area (Å²) in [5, 5.41) is 8.65. The van der Waals surface area contributed by atoms with Crippen molar-refractivity contribution in [2.24, 2.45) is 0 Å². The molecule has 0 atom stereocenters. The molecule has 70 valence electrons. The average Bonchev–Trinajstić information content (AvgIpc) is 2.18. The van der Waals surface area contributed by atoms with E-state index in [-0.39, 0.29) is 17.9 Å². The zero-order chi connectivity index (χ0) is 10.4. The van der Waals surface area contributed by atoms with Gasteiger partial charge >= 0.3 is 0 Å². The fourth-order valence-corrected chi connectivity index (χ4v) is 0.953. The van der Waals surface area contributed by atoms with Crippen molar-refractivity contribution in [3.05, 3.63) is 29.6 Å². The second-order valence-electron chi connectivity index (χ2n) is 2.53. The zero-order valence-electron chi connectivity index (χ0n) is 7.46. The highest BCUT2D eigenvalue weighted by Crippen LogP contribution is 2.20. The average molecular weight is 189 g/mol. The van der Waals surface area contributed by atoms with Gasteiger partial charge in [0.1, 0.15) is 23.2 Å². The van der Waals surface area contributed by atoms with Crippen LogP contribution in [0.1, 0.15) is 12.0 Å². The van der Waals surface area contributed by atoms with Crippen molar-refractivity contribution in [1.29, 1.82) is 5.26 Å². The molecule has 0 fully saturated rings. The lowest BCUT2D eigenvalue weighted by atomic mass is 10.2. The van der Waals surface area contributed by atoms with Gasteiger partial charge in [-0.05, 0) is 12.1 Å². The van der Waals surface area contributed by atoms with Gasteiger partial charge in [0.15, 0.2) is 0 Å². The molecule has 1 rings (SSSR count). The molecule has 0 aliphatic carbocycles. The number of rotatable bonds is 3. The third-order valence-corrected chi connectivity index (χ3v) is 1.59. The molecule has 0 aliphatic heterocycles. The Bertz CT molecular complexity index is 401. The van der Waals surface area contributed by atoms with E-state index in [1.165, 1.54) is 18.2 Å². The fourth-order valence-electron chi connectivity index (χ4n) is 0.953. The highest BCUT2D eigenvalue weighted by atomic mass is 19.1. The summed E-state index contributed by atoms with van der Waals surface area (Å²) in [4.78, 5) is 0. The summed E-state index contributed by atoms with van der Waals surface area (Å²) in [5.41, 5.74) is -0.0791. The van der Waals surface area contributed by atoms with Gasteiger partial charge in [-0.2, -0.15) is 5.26 Å². The number of terminal acetylenes is 1. The van der Waals surface area contributed by atoms with Gasteiger partial charge in [0.25, 0.3) is 0 Å². The normalized spacial score (nSPS) is 8.79. The van der Waals surface area contributed by atoms with E-state index < -0.39 is 5.82 Å².